The first kappa shape index (κ1) is 24.6. The quantitative estimate of drug-likeness (QED) is 0.367. The van der Waals surface area contributed by atoms with Gasteiger partial charge < -0.3 is 19.0 Å². The van der Waals surface area contributed by atoms with E-state index in [4.69, 9.17) is 37.3 Å². The Hall–Kier alpha value is -2.78. The molecule has 8 nitrogen and oxygen atoms in total. The van der Waals surface area contributed by atoms with Gasteiger partial charge in [-0.15, -0.1) is 5.48 Å². The first-order valence-corrected chi connectivity index (χ1v) is 13.4. The number of benzene rings is 2. The van der Waals surface area contributed by atoms with Crippen molar-refractivity contribution in [3.8, 4) is 11.3 Å². The molecular formula is C27H28Cl2N4O4. The third-order valence-corrected chi connectivity index (χ3v) is 7.99. The van der Waals surface area contributed by atoms with E-state index in [1.165, 1.54) is 0 Å². The average molecular weight is 543 g/mol. The van der Waals surface area contributed by atoms with Crippen molar-refractivity contribution in [1.82, 2.24) is 16.0 Å². The van der Waals surface area contributed by atoms with E-state index in [9.17, 15) is 4.79 Å². The van der Waals surface area contributed by atoms with Crippen LogP contribution in [0, 0.1) is 5.92 Å². The Labute approximate surface area is 225 Å². The highest BCUT2D eigenvalue weighted by Crippen LogP contribution is 2.46. The van der Waals surface area contributed by atoms with Gasteiger partial charge in [-0.3, -0.25) is 5.32 Å². The summed E-state index contributed by atoms with van der Waals surface area (Å²) < 4.78 is 12.3. The number of anilines is 1. The molecule has 3 aromatic rings. The lowest BCUT2D eigenvalue weighted by molar-refractivity contribution is -0.00534. The minimum atomic E-state index is -0.470. The van der Waals surface area contributed by atoms with Gasteiger partial charge in [0.2, 0.25) is 0 Å². The van der Waals surface area contributed by atoms with Crippen LogP contribution in [-0.2, 0) is 16.2 Å². The Balaban J connectivity index is 1.12. The lowest BCUT2D eigenvalue weighted by Crippen LogP contribution is -2.43. The number of amides is 1. The first-order chi connectivity index (χ1) is 18.0. The Morgan fingerprint density at radius 1 is 1.11 bits per heavy atom. The predicted octanol–water partition coefficient (Wildman–Crippen LogP) is 6.20. The number of nitrogens with one attached hydrogen (secondary N) is 2. The molecule has 1 aliphatic carbocycles. The number of piperidine rings is 1. The van der Waals surface area contributed by atoms with Gasteiger partial charge in [-0.1, -0.05) is 53.5 Å². The number of hydroxylamine groups is 1. The maximum absolute atomic E-state index is 11.3. The van der Waals surface area contributed by atoms with Gasteiger partial charge in [-0.05, 0) is 55.0 Å². The summed E-state index contributed by atoms with van der Waals surface area (Å²) in [5, 5.41) is 8.19. The second-order valence-electron chi connectivity index (χ2n) is 9.98. The Morgan fingerprint density at radius 2 is 1.86 bits per heavy atom. The van der Waals surface area contributed by atoms with Gasteiger partial charge in [-0.25, -0.2) is 4.79 Å². The van der Waals surface area contributed by atoms with E-state index in [0.717, 1.165) is 54.9 Å². The summed E-state index contributed by atoms with van der Waals surface area (Å²) in [6, 6.07) is 13.6. The molecule has 0 radical (unpaired) electrons. The number of carbonyl (C=O) groups is 1. The normalized spacial score (nSPS) is 23.7. The van der Waals surface area contributed by atoms with E-state index in [-0.39, 0.29) is 12.3 Å². The molecule has 2 saturated heterocycles. The number of halogens is 2. The number of hydrogen-bond acceptors (Lipinski definition) is 7. The largest absolute Gasteiger partial charge is 0.427 e. The van der Waals surface area contributed by atoms with Crippen molar-refractivity contribution in [3.05, 3.63) is 69.4 Å². The predicted molar refractivity (Wildman–Crippen MR) is 140 cm³/mol. The van der Waals surface area contributed by atoms with Crippen LogP contribution < -0.4 is 15.7 Å². The Kier molecular flexibility index (Phi) is 6.75. The summed E-state index contributed by atoms with van der Waals surface area (Å²) in [5.41, 5.74) is 7.10. The third kappa shape index (κ3) is 5.03. The zero-order valence-corrected chi connectivity index (χ0v) is 21.9. The molecule has 0 spiro atoms. The minimum Gasteiger partial charge on any atom is -0.373 e. The molecule has 2 aromatic carbocycles. The maximum Gasteiger partial charge on any atom is 0.427 e. The fraction of sp³-hybridized carbons (Fsp3) is 0.407. The molecule has 2 aliphatic heterocycles. The van der Waals surface area contributed by atoms with Crippen LogP contribution >= 0.6 is 23.2 Å². The molecule has 1 saturated carbocycles. The molecule has 2 N–H and O–H groups in total. The van der Waals surface area contributed by atoms with Gasteiger partial charge in [0.05, 0.1) is 22.8 Å². The van der Waals surface area contributed by atoms with Crippen molar-refractivity contribution in [1.29, 1.82) is 0 Å². The third-order valence-electron chi connectivity index (χ3n) is 7.36. The summed E-state index contributed by atoms with van der Waals surface area (Å²) in [6.07, 6.45) is 2.42. The zero-order valence-electron chi connectivity index (χ0n) is 20.4. The highest BCUT2D eigenvalue weighted by Gasteiger charge is 2.35. The Morgan fingerprint density at radius 3 is 2.51 bits per heavy atom. The van der Waals surface area contributed by atoms with Crippen LogP contribution in [0.3, 0.4) is 0 Å². The van der Waals surface area contributed by atoms with Crippen LogP contribution in [0.1, 0.15) is 55.2 Å². The van der Waals surface area contributed by atoms with Crippen molar-refractivity contribution >= 4 is 35.0 Å². The van der Waals surface area contributed by atoms with Crippen molar-refractivity contribution in [3.63, 3.8) is 0 Å². The fourth-order valence-corrected chi connectivity index (χ4v) is 5.74. The van der Waals surface area contributed by atoms with E-state index < -0.39 is 6.09 Å². The maximum atomic E-state index is 11.3. The number of aromatic nitrogens is 1. The number of carbonyl (C=O) groups excluding carboxylic acids is 1. The van der Waals surface area contributed by atoms with Gasteiger partial charge in [0, 0.05) is 35.8 Å². The smallest absolute Gasteiger partial charge is 0.373 e. The van der Waals surface area contributed by atoms with Crippen LogP contribution in [0.25, 0.3) is 11.3 Å². The molecule has 6 rings (SSSR count). The SMILES string of the molecule is C[C@@H]1CN(c2ccc(C3NOC(=O)N3)cc2)CC[C@@H]1OCc1c(-c2c(Cl)cccc2Cl)noc1C1CC1. The molecule has 3 aliphatic rings. The molecule has 10 heteroatoms. The van der Waals surface area contributed by atoms with E-state index in [2.05, 4.69) is 39.9 Å². The van der Waals surface area contributed by atoms with Gasteiger partial charge in [0.25, 0.3) is 0 Å². The van der Waals surface area contributed by atoms with Crippen LogP contribution in [0.5, 0.6) is 0 Å². The molecule has 0 bridgehead atoms. The molecule has 1 amide bonds. The zero-order chi connectivity index (χ0) is 25.5. The first-order valence-electron chi connectivity index (χ1n) is 12.6. The van der Waals surface area contributed by atoms with Crippen LogP contribution in [0.15, 0.2) is 47.0 Å². The summed E-state index contributed by atoms with van der Waals surface area (Å²) in [6.45, 7) is 4.41. The van der Waals surface area contributed by atoms with Gasteiger partial charge in [0.1, 0.15) is 17.6 Å². The van der Waals surface area contributed by atoms with E-state index in [1.807, 2.05) is 30.3 Å². The van der Waals surface area contributed by atoms with Gasteiger partial charge in [-0.2, -0.15) is 0 Å². The van der Waals surface area contributed by atoms with Crippen molar-refractivity contribution in [2.75, 3.05) is 18.0 Å². The summed E-state index contributed by atoms with van der Waals surface area (Å²) in [7, 11) is 0. The van der Waals surface area contributed by atoms with E-state index in [1.54, 1.807) is 0 Å². The van der Waals surface area contributed by atoms with Crippen LogP contribution in [0.2, 0.25) is 10.0 Å². The van der Waals surface area contributed by atoms with E-state index >= 15 is 0 Å². The van der Waals surface area contributed by atoms with E-state index in [0.29, 0.717) is 39.7 Å². The lowest BCUT2D eigenvalue weighted by atomic mass is 9.95. The fourth-order valence-electron chi connectivity index (χ4n) is 5.16. The van der Waals surface area contributed by atoms with Crippen molar-refractivity contribution in [2.24, 2.45) is 5.92 Å². The number of nitrogens with zero attached hydrogens (tertiary/aromatic N) is 2. The molecule has 1 unspecified atom stereocenters. The van der Waals surface area contributed by atoms with Gasteiger partial charge in [0.15, 0.2) is 0 Å². The average Bonchev–Trinajstić information content (AvgIpc) is 3.51. The Bertz CT molecular complexity index is 1270. The van der Waals surface area contributed by atoms with Crippen LogP contribution in [0.4, 0.5) is 10.5 Å². The molecule has 194 valence electrons. The standard InChI is InChI=1S/C27H28Cl2N4O4/c1-15-13-33(18-9-7-17(8-10-18)26-30-27(34)37-32-26)12-11-22(15)35-14-19-24(31-36-25(19)16-5-6-16)23-20(28)3-2-4-21(23)29/h2-4,7-10,15-16,22,26,32H,5-6,11-14H2,1H3,(H,30,34)/t15-,22+,26?/m1/s1. The highest BCUT2D eigenvalue weighted by atomic mass is 35.5. The summed E-state index contributed by atoms with van der Waals surface area (Å²) >= 11 is 13.0. The number of hydrogen-bond donors (Lipinski definition) is 2. The second kappa shape index (κ2) is 10.2. The molecule has 3 heterocycles. The highest BCUT2D eigenvalue weighted by molar-refractivity contribution is 6.39. The summed E-state index contributed by atoms with van der Waals surface area (Å²) in [4.78, 5) is 18.4. The molecule has 3 fully saturated rings. The van der Waals surface area contributed by atoms with Crippen molar-refractivity contribution in [2.45, 2.75) is 51.0 Å². The lowest BCUT2D eigenvalue weighted by Gasteiger charge is -2.38. The molecule has 3 atom stereocenters. The number of ether oxygens (including phenoxy) is 1. The summed E-state index contributed by atoms with van der Waals surface area (Å²) in [5.74, 6) is 1.62. The number of rotatable bonds is 7. The topological polar surface area (TPSA) is 88.9 Å². The minimum absolute atomic E-state index is 0.113. The monoisotopic (exact) mass is 542 g/mol. The molecular weight excluding hydrogens is 515 g/mol. The molecule has 1 aromatic heterocycles. The molecule has 37 heavy (non-hydrogen) atoms. The second-order valence-corrected chi connectivity index (χ2v) is 10.8. The van der Waals surface area contributed by atoms with Gasteiger partial charge >= 0.3 is 6.09 Å². The van der Waals surface area contributed by atoms with Crippen molar-refractivity contribution < 1.29 is 18.9 Å². The van der Waals surface area contributed by atoms with Crippen LogP contribution in [-0.4, -0.2) is 30.4 Å².